The van der Waals surface area contributed by atoms with Gasteiger partial charge in [-0.1, -0.05) is 66.2 Å². The Morgan fingerprint density at radius 2 is 1.50 bits per heavy atom. The average Bonchev–Trinajstić information content (AvgIpc) is 3.46. The Kier molecular flexibility index (Phi) is 4.79. The van der Waals surface area contributed by atoms with E-state index in [1.807, 2.05) is 25.1 Å². The molecule has 0 aliphatic rings. The van der Waals surface area contributed by atoms with Crippen molar-refractivity contribution in [3.8, 4) is 11.3 Å². The monoisotopic (exact) mass is 441 g/mol. The standard InChI is InChI=1S/C26H19NO4S/c1-18-13-15-20(16-14-18)32(29,30)27-22-11-6-5-10-21(22)24(26(28)23-12-7-17-31-23)25(27)19-8-3-2-4-9-19/h2-17H,1H3. The third kappa shape index (κ3) is 3.16. The molecule has 32 heavy (non-hydrogen) atoms. The van der Waals surface area contributed by atoms with Gasteiger partial charge < -0.3 is 4.42 Å². The number of aromatic nitrogens is 1. The van der Waals surface area contributed by atoms with E-state index in [-0.39, 0.29) is 22.0 Å². The number of fused-ring (bicyclic) bond motifs is 1. The third-order valence-electron chi connectivity index (χ3n) is 5.41. The second-order valence-corrected chi connectivity index (χ2v) is 9.28. The lowest BCUT2D eigenvalue weighted by atomic mass is 10.0. The van der Waals surface area contributed by atoms with E-state index in [1.54, 1.807) is 72.8 Å². The van der Waals surface area contributed by atoms with E-state index in [0.29, 0.717) is 22.2 Å². The molecule has 0 radical (unpaired) electrons. The minimum atomic E-state index is -4.01. The smallest absolute Gasteiger partial charge is 0.268 e. The lowest BCUT2D eigenvalue weighted by Gasteiger charge is -2.13. The van der Waals surface area contributed by atoms with E-state index in [0.717, 1.165) is 5.56 Å². The van der Waals surface area contributed by atoms with Gasteiger partial charge in [-0.3, -0.25) is 4.79 Å². The molecule has 0 saturated carbocycles. The molecular formula is C26H19NO4S. The zero-order valence-electron chi connectivity index (χ0n) is 17.2. The maximum atomic E-state index is 13.9. The second kappa shape index (κ2) is 7.66. The van der Waals surface area contributed by atoms with E-state index < -0.39 is 10.0 Å². The fourth-order valence-electron chi connectivity index (χ4n) is 3.90. The fourth-order valence-corrected chi connectivity index (χ4v) is 5.44. The Labute approximate surface area is 185 Å². The van der Waals surface area contributed by atoms with Crippen LogP contribution >= 0.6 is 0 Å². The third-order valence-corrected chi connectivity index (χ3v) is 7.14. The highest BCUT2D eigenvalue weighted by Gasteiger charge is 2.31. The van der Waals surface area contributed by atoms with Crippen molar-refractivity contribution >= 4 is 26.7 Å². The summed E-state index contributed by atoms with van der Waals surface area (Å²) in [6.07, 6.45) is 1.43. The topological polar surface area (TPSA) is 69.3 Å². The van der Waals surface area contributed by atoms with Crippen LogP contribution in [0.25, 0.3) is 22.2 Å². The minimum absolute atomic E-state index is 0.151. The highest BCUT2D eigenvalue weighted by molar-refractivity contribution is 7.90. The van der Waals surface area contributed by atoms with Crippen LogP contribution in [0.3, 0.4) is 0 Å². The number of ketones is 1. The van der Waals surface area contributed by atoms with Gasteiger partial charge in [0, 0.05) is 10.9 Å². The minimum Gasteiger partial charge on any atom is -0.461 e. The van der Waals surface area contributed by atoms with E-state index in [4.69, 9.17) is 4.42 Å². The van der Waals surface area contributed by atoms with Gasteiger partial charge in [0.2, 0.25) is 5.78 Å². The quantitative estimate of drug-likeness (QED) is 0.329. The molecular weight excluding hydrogens is 422 g/mol. The number of nitrogens with zero attached hydrogens (tertiary/aromatic N) is 1. The number of hydrogen-bond donors (Lipinski definition) is 0. The Morgan fingerprint density at radius 3 is 2.19 bits per heavy atom. The van der Waals surface area contributed by atoms with Gasteiger partial charge in [0.05, 0.1) is 27.9 Å². The van der Waals surface area contributed by atoms with Crippen molar-refractivity contribution < 1.29 is 17.6 Å². The first-order chi connectivity index (χ1) is 15.5. The van der Waals surface area contributed by atoms with Crippen molar-refractivity contribution in [2.75, 3.05) is 0 Å². The summed E-state index contributed by atoms with van der Waals surface area (Å²) in [5.74, 6) is -0.222. The predicted molar refractivity (Wildman–Crippen MR) is 123 cm³/mol. The number of furan rings is 1. The van der Waals surface area contributed by atoms with Crippen molar-refractivity contribution in [1.82, 2.24) is 3.97 Å². The van der Waals surface area contributed by atoms with Crippen LogP contribution in [0.15, 0.2) is 107 Å². The molecule has 2 heterocycles. The molecule has 0 fully saturated rings. The van der Waals surface area contributed by atoms with Crippen molar-refractivity contribution in [1.29, 1.82) is 0 Å². The SMILES string of the molecule is Cc1ccc(S(=O)(=O)n2c(-c3ccccc3)c(C(=O)c3ccco3)c3ccccc32)cc1. The van der Waals surface area contributed by atoms with Crippen molar-refractivity contribution in [2.45, 2.75) is 11.8 Å². The van der Waals surface area contributed by atoms with Crippen molar-refractivity contribution in [3.05, 3.63) is 114 Å². The molecule has 0 bridgehead atoms. The van der Waals surface area contributed by atoms with Gasteiger partial charge >= 0.3 is 0 Å². The van der Waals surface area contributed by atoms with Gasteiger partial charge in [-0.05, 0) is 37.3 Å². The Morgan fingerprint density at radius 1 is 0.812 bits per heavy atom. The molecule has 0 amide bonds. The molecule has 158 valence electrons. The summed E-state index contributed by atoms with van der Waals surface area (Å²) in [6, 6.07) is 26.0. The van der Waals surface area contributed by atoms with Gasteiger partial charge in [-0.15, -0.1) is 0 Å². The first-order valence-corrected chi connectivity index (χ1v) is 11.5. The second-order valence-electron chi connectivity index (χ2n) is 7.50. The summed E-state index contributed by atoms with van der Waals surface area (Å²) in [5.41, 5.74) is 2.61. The molecule has 2 aromatic heterocycles. The van der Waals surface area contributed by atoms with Crippen molar-refractivity contribution in [3.63, 3.8) is 0 Å². The van der Waals surface area contributed by atoms with Gasteiger partial charge in [-0.2, -0.15) is 0 Å². The number of hydrogen-bond acceptors (Lipinski definition) is 4. The summed E-state index contributed by atoms with van der Waals surface area (Å²) in [5, 5.41) is 0.545. The van der Waals surface area contributed by atoms with Crippen LogP contribution in [0.5, 0.6) is 0 Å². The zero-order valence-corrected chi connectivity index (χ0v) is 18.0. The first kappa shape index (κ1) is 20.0. The molecule has 6 heteroatoms. The molecule has 5 aromatic rings. The summed E-state index contributed by atoms with van der Waals surface area (Å²) in [4.78, 5) is 13.7. The van der Waals surface area contributed by atoms with E-state index in [1.165, 1.54) is 10.2 Å². The van der Waals surface area contributed by atoms with Crippen LogP contribution in [0.1, 0.15) is 21.7 Å². The maximum absolute atomic E-state index is 13.9. The molecule has 0 saturated heterocycles. The molecule has 0 aliphatic heterocycles. The van der Waals surface area contributed by atoms with Crippen LogP contribution in [0, 0.1) is 6.92 Å². The van der Waals surface area contributed by atoms with Gasteiger partial charge in [-0.25, -0.2) is 12.4 Å². The number of rotatable bonds is 5. The van der Waals surface area contributed by atoms with Crippen molar-refractivity contribution in [2.24, 2.45) is 0 Å². The lowest BCUT2D eigenvalue weighted by Crippen LogP contribution is -2.15. The van der Waals surface area contributed by atoms with Crippen LogP contribution in [-0.4, -0.2) is 18.2 Å². The maximum Gasteiger partial charge on any atom is 0.268 e. The summed E-state index contributed by atoms with van der Waals surface area (Å²) >= 11 is 0. The normalized spacial score (nSPS) is 11.7. The first-order valence-electron chi connectivity index (χ1n) is 10.1. The van der Waals surface area contributed by atoms with Gasteiger partial charge in [0.25, 0.3) is 10.0 Å². The molecule has 0 aliphatic carbocycles. The van der Waals surface area contributed by atoms with E-state index in [2.05, 4.69) is 0 Å². The number of aryl methyl sites for hydroxylation is 1. The summed E-state index contributed by atoms with van der Waals surface area (Å²) in [7, 11) is -4.01. The largest absolute Gasteiger partial charge is 0.461 e. The summed E-state index contributed by atoms with van der Waals surface area (Å²) in [6.45, 7) is 1.90. The molecule has 0 atom stereocenters. The molecule has 0 spiro atoms. The zero-order chi connectivity index (χ0) is 22.3. The number of para-hydroxylation sites is 1. The molecule has 5 nitrogen and oxygen atoms in total. The van der Waals surface area contributed by atoms with Crippen LogP contribution < -0.4 is 0 Å². The Balaban J connectivity index is 1.92. The lowest BCUT2D eigenvalue weighted by molar-refractivity contribution is 0.101. The van der Waals surface area contributed by atoms with Crippen LogP contribution in [-0.2, 0) is 10.0 Å². The van der Waals surface area contributed by atoms with Crippen LogP contribution in [0.4, 0.5) is 0 Å². The highest BCUT2D eigenvalue weighted by Crippen LogP contribution is 2.38. The van der Waals surface area contributed by atoms with Crippen LogP contribution in [0.2, 0.25) is 0 Å². The molecule has 0 unspecified atom stereocenters. The summed E-state index contributed by atoms with van der Waals surface area (Å²) < 4.78 is 34.5. The fraction of sp³-hybridized carbons (Fsp3) is 0.0385. The Hall–Kier alpha value is -3.90. The van der Waals surface area contributed by atoms with E-state index in [9.17, 15) is 13.2 Å². The molecule has 5 rings (SSSR count). The van der Waals surface area contributed by atoms with E-state index >= 15 is 0 Å². The predicted octanol–water partition coefficient (Wildman–Crippen LogP) is 5.68. The average molecular weight is 442 g/mol. The Bertz CT molecular complexity index is 1530. The number of carbonyl (C=O) groups is 1. The van der Waals surface area contributed by atoms with Gasteiger partial charge in [0.15, 0.2) is 5.76 Å². The molecule has 3 aromatic carbocycles. The number of carbonyl (C=O) groups excluding carboxylic acids is 1. The highest BCUT2D eigenvalue weighted by atomic mass is 32.2. The number of benzene rings is 3. The molecule has 0 N–H and O–H groups in total. The van der Waals surface area contributed by atoms with Gasteiger partial charge in [0.1, 0.15) is 0 Å².